The van der Waals surface area contributed by atoms with E-state index in [0.717, 1.165) is 28.1 Å². The lowest BCUT2D eigenvalue weighted by molar-refractivity contribution is -0.122. The van der Waals surface area contributed by atoms with E-state index in [2.05, 4.69) is 16.0 Å². The summed E-state index contributed by atoms with van der Waals surface area (Å²) < 4.78 is 24.5. The van der Waals surface area contributed by atoms with Crippen molar-refractivity contribution in [1.29, 1.82) is 0 Å². The minimum atomic E-state index is -0.807. The van der Waals surface area contributed by atoms with Gasteiger partial charge >= 0.3 is 0 Å². The fourth-order valence-corrected chi connectivity index (χ4v) is 4.42. The zero-order chi connectivity index (χ0) is 29.2. The van der Waals surface area contributed by atoms with Gasteiger partial charge in [-0.3, -0.25) is 9.59 Å². The number of aryl methyl sites for hydroxylation is 1. The lowest BCUT2D eigenvalue weighted by Gasteiger charge is -2.19. The van der Waals surface area contributed by atoms with Crippen LogP contribution in [0.1, 0.15) is 21.5 Å². The normalized spacial score (nSPS) is 11.3. The van der Waals surface area contributed by atoms with Crippen LogP contribution < -0.4 is 25.4 Å². The van der Waals surface area contributed by atoms with Crippen molar-refractivity contribution in [3.8, 4) is 22.6 Å². The van der Waals surface area contributed by atoms with Gasteiger partial charge in [0.15, 0.2) is 0 Å². The maximum atomic E-state index is 13.9. The van der Waals surface area contributed by atoms with Gasteiger partial charge in [-0.1, -0.05) is 42.0 Å². The van der Waals surface area contributed by atoms with Gasteiger partial charge in [-0.25, -0.2) is 4.39 Å². The van der Waals surface area contributed by atoms with Crippen LogP contribution in [0.15, 0.2) is 91.0 Å². The first-order valence-corrected chi connectivity index (χ1v) is 13.3. The molecule has 0 saturated heterocycles. The Labute approximate surface area is 239 Å². The van der Waals surface area contributed by atoms with Gasteiger partial charge in [-0.15, -0.1) is 0 Å². The van der Waals surface area contributed by atoms with Gasteiger partial charge in [0.2, 0.25) is 5.91 Å². The molecule has 0 aromatic heterocycles. The van der Waals surface area contributed by atoms with Crippen molar-refractivity contribution in [2.24, 2.45) is 0 Å². The van der Waals surface area contributed by atoms with Crippen LogP contribution >= 0.6 is 0 Å². The van der Waals surface area contributed by atoms with Crippen molar-refractivity contribution < 1.29 is 23.5 Å². The summed E-state index contributed by atoms with van der Waals surface area (Å²) in [5.74, 6) is 0.343. The Balaban J connectivity index is 1.45. The molecule has 0 fully saturated rings. The highest BCUT2D eigenvalue weighted by atomic mass is 19.1. The zero-order valence-corrected chi connectivity index (χ0v) is 23.4. The van der Waals surface area contributed by atoms with Crippen LogP contribution in [0.5, 0.6) is 11.5 Å². The van der Waals surface area contributed by atoms with Gasteiger partial charge in [0.25, 0.3) is 5.91 Å². The number of carbonyl (C=O) groups excluding carboxylic acids is 2. The second-order valence-electron chi connectivity index (χ2n) is 9.59. The third-order valence-electron chi connectivity index (χ3n) is 6.61. The number of ether oxygens (including phenoxy) is 2. The molecule has 0 aliphatic rings. The van der Waals surface area contributed by atoms with Gasteiger partial charge in [0.05, 0.1) is 14.2 Å². The quantitative estimate of drug-likeness (QED) is 0.204. The third-order valence-corrected chi connectivity index (χ3v) is 6.61. The number of carbonyl (C=O) groups is 2. The molecule has 0 aliphatic carbocycles. The van der Waals surface area contributed by atoms with Crippen LogP contribution in [0.4, 0.5) is 10.1 Å². The average Bonchev–Trinajstić information content (AvgIpc) is 2.99. The van der Waals surface area contributed by atoms with E-state index in [-0.39, 0.29) is 24.1 Å². The summed E-state index contributed by atoms with van der Waals surface area (Å²) in [5, 5.41) is 9.07. The molecule has 7 nitrogen and oxygen atoms in total. The maximum absolute atomic E-state index is 13.9. The molecule has 8 heteroatoms. The van der Waals surface area contributed by atoms with Gasteiger partial charge in [0.1, 0.15) is 23.4 Å². The third kappa shape index (κ3) is 8.08. The molecule has 0 bridgehead atoms. The molecule has 4 aromatic rings. The van der Waals surface area contributed by atoms with Crippen molar-refractivity contribution >= 4 is 17.5 Å². The second-order valence-corrected chi connectivity index (χ2v) is 9.59. The van der Waals surface area contributed by atoms with Gasteiger partial charge in [-0.2, -0.15) is 0 Å². The van der Waals surface area contributed by atoms with Crippen LogP contribution in [-0.4, -0.2) is 45.2 Å². The maximum Gasteiger partial charge on any atom is 0.251 e. The van der Waals surface area contributed by atoms with Gasteiger partial charge < -0.3 is 25.4 Å². The molecule has 4 aromatic carbocycles. The number of hydrogen-bond acceptors (Lipinski definition) is 5. The van der Waals surface area contributed by atoms with Crippen LogP contribution in [0, 0.1) is 12.7 Å². The molecule has 0 aliphatic heterocycles. The molecule has 0 radical (unpaired) electrons. The summed E-state index contributed by atoms with van der Waals surface area (Å²) in [6, 6.07) is 25.7. The Kier molecular flexibility index (Phi) is 9.94. The molecule has 2 amide bonds. The number of hydrogen-bond donors (Lipinski definition) is 3. The monoisotopic (exact) mass is 555 g/mol. The van der Waals surface area contributed by atoms with E-state index in [9.17, 15) is 14.0 Å². The van der Waals surface area contributed by atoms with Crippen LogP contribution in [-0.2, 0) is 11.2 Å². The fraction of sp³-hybridized carbons (Fsp3) is 0.212. The molecular weight excluding hydrogens is 521 g/mol. The van der Waals surface area contributed by atoms with E-state index in [0.29, 0.717) is 30.0 Å². The van der Waals surface area contributed by atoms with Crippen molar-refractivity contribution in [2.45, 2.75) is 19.4 Å². The van der Waals surface area contributed by atoms with E-state index in [1.807, 2.05) is 67.6 Å². The number of anilines is 1. The lowest BCUT2D eigenvalue weighted by Crippen LogP contribution is -2.48. The summed E-state index contributed by atoms with van der Waals surface area (Å²) in [4.78, 5) is 26.3. The summed E-state index contributed by atoms with van der Waals surface area (Å²) in [6.45, 7) is 2.77. The van der Waals surface area contributed by atoms with E-state index >= 15 is 0 Å². The minimum absolute atomic E-state index is 0.274. The lowest BCUT2D eigenvalue weighted by atomic mass is 9.99. The Morgan fingerprint density at radius 3 is 2.29 bits per heavy atom. The molecule has 3 N–H and O–H groups in total. The van der Waals surface area contributed by atoms with Gasteiger partial charge in [0, 0.05) is 36.3 Å². The smallest absolute Gasteiger partial charge is 0.251 e. The molecule has 0 heterocycles. The first-order valence-electron chi connectivity index (χ1n) is 13.3. The molecule has 41 heavy (non-hydrogen) atoms. The van der Waals surface area contributed by atoms with E-state index in [1.165, 1.54) is 19.2 Å². The highest BCUT2D eigenvalue weighted by Crippen LogP contribution is 2.31. The Hall–Kier alpha value is -4.85. The number of halogens is 1. The Morgan fingerprint density at radius 2 is 1.61 bits per heavy atom. The molecule has 0 spiro atoms. The largest absolute Gasteiger partial charge is 0.497 e. The summed E-state index contributed by atoms with van der Waals surface area (Å²) in [5.41, 5.74) is 4.58. The highest BCUT2D eigenvalue weighted by Gasteiger charge is 2.22. The van der Waals surface area contributed by atoms with Crippen LogP contribution in [0.3, 0.4) is 0 Å². The molecule has 0 saturated carbocycles. The number of methoxy groups -OCH3 is 2. The summed E-state index contributed by atoms with van der Waals surface area (Å²) in [7, 11) is 3.15. The molecule has 4 rings (SSSR count). The average molecular weight is 556 g/mol. The Morgan fingerprint density at radius 1 is 0.854 bits per heavy atom. The second kappa shape index (κ2) is 14.0. The number of amides is 2. The first-order chi connectivity index (χ1) is 19.9. The fourth-order valence-electron chi connectivity index (χ4n) is 4.42. The summed E-state index contributed by atoms with van der Waals surface area (Å²) in [6.07, 6.45) is 0.274. The SMILES string of the molecule is COc1ccc(NCCNC(=O)C(Cc2ccc(-c3cc(F)ccc3OC)cc2)NC(=O)c2cccc(C)c2)cc1. The number of rotatable bonds is 12. The minimum Gasteiger partial charge on any atom is -0.497 e. The number of nitrogens with one attached hydrogen (secondary N) is 3. The number of benzene rings is 4. The molecule has 1 unspecified atom stereocenters. The summed E-state index contributed by atoms with van der Waals surface area (Å²) >= 11 is 0. The Bertz CT molecular complexity index is 1470. The van der Waals surface area contributed by atoms with Crippen molar-refractivity contribution in [1.82, 2.24) is 10.6 Å². The molecular formula is C33H34FN3O4. The zero-order valence-electron chi connectivity index (χ0n) is 23.4. The van der Waals surface area contributed by atoms with Crippen molar-refractivity contribution in [2.75, 3.05) is 32.6 Å². The highest BCUT2D eigenvalue weighted by molar-refractivity contribution is 5.97. The van der Waals surface area contributed by atoms with E-state index in [4.69, 9.17) is 9.47 Å². The first kappa shape index (κ1) is 29.1. The molecule has 1 atom stereocenters. The van der Waals surface area contributed by atoms with Crippen molar-refractivity contribution in [3.63, 3.8) is 0 Å². The molecule has 212 valence electrons. The topological polar surface area (TPSA) is 88.7 Å². The standard InChI is InChI=1S/C33H34FN3O4/c1-22-5-4-6-25(19-22)32(38)37-30(33(39)36-18-17-35-27-12-14-28(40-2)15-13-27)20-23-7-9-24(10-8-23)29-21-26(34)11-16-31(29)41-3/h4-16,19,21,30,35H,17-18,20H2,1-3H3,(H,36,39)(H,37,38). The van der Waals surface area contributed by atoms with Crippen LogP contribution in [0.2, 0.25) is 0 Å². The van der Waals surface area contributed by atoms with Crippen molar-refractivity contribution in [3.05, 3.63) is 114 Å². The predicted molar refractivity (Wildman–Crippen MR) is 159 cm³/mol. The van der Waals surface area contributed by atoms with E-state index < -0.39 is 6.04 Å². The predicted octanol–water partition coefficient (Wildman–Crippen LogP) is 5.39. The van der Waals surface area contributed by atoms with E-state index in [1.54, 1.807) is 25.3 Å². The van der Waals surface area contributed by atoms with Crippen LogP contribution in [0.25, 0.3) is 11.1 Å². The van der Waals surface area contributed by atoms with Gasteiger partial charge in [-0.05, 0) is 72.6 Å².